The summed E-state index contributed by atoms with van der Waals surface area (Å²) in [6.07, 6.45) is 0.662. The van der Waals surface area contributed by atoms with Crippen molar-refractivity contribution < 1.29 is 22.0 Å². The second-order valence-electron chi connectivity index (χ2n) is 7.04. The Bertz CT molecular complexity index is 1010. The van der Waals surface area contributed by atoms with Crippen LogP contribution >= 0.6 is 15.9 Å². The average Bonchev–Trinajstić information content (AvgIpc) is 2.70. The summed E-state index contributed by atoms with van der Waals surface area (Å²) in [5, 5.41) is 0. The largest absolute Gasteiger partial charge is 0.341 e. The highest BCUT2D eigenvalue weighted by molar-refractivity contribution is 9.10. The van der Waals surface area contributed by atoms with Gasteiger partial charge in [-0.15, -0.1) is 0 Å². The number of nitrogens with zero attached hydrogens (tertiary/aromatic N) is 2. The van der Waals surface area contributed by atoms with E-state index in [4.69, 9.17) is 0 Å². The number of hydrogen-bond acceptors (Lipinski definition) is 3. The van der Waals surface area contributed by atoms with Gasteiger partial charge in [0.05, 0.1) is 0 Å². The van der Waals surface area contributed by atoms with Gasteiger partial charge in [0.2, 0.25) is 15.9 Å². The Morgan fingerprint density at radius 2 is 1.79 bits per heavy atom. The van der Waals surface area contributed by atoms with Crippen LogP contribution < -0.4 is 0 Å². The molecule has 3 rings (SSSR count). The molecule has 0 unspecified atom stereocenters. The molecule has 1 fully saturated rings. The molecule has 1 saturated heterocycles. The van der Waals surface area contributed by atoms with Crippen LogP contribution in [0.5, 0.6) is 0 Å². The quantitative estimate of drug-likeness (QED) is 0.645. The molecular weight excluding hydrogens is 466 g/mol. The molecule has 0 radical (unpaired) electrons. The van der Waals surface area contributed by atoms with Crippen molar-refractivity contribution in [2.45, 2.75) is 24.3 Å². The van der Waals surface area contributed by atoms with Gasteiger partial charge < -0.3 is 4.90 Å². The average molecular weight is 487 g/mol. The van der Waals surface area contributed by atoms with Crippen LogP contribution in [0.25, 0.3) is 0 Å². The molecule has 0 atom stereocenters. The molecule has 1 heterocycles. The van der Waals surface area contributed by atoms with E-state index in [0.717, 1.165) is 10.5 Å². The van der Waals surface area contributed by atoms with Crippen molar-refractivity contribution in [3.8, 4) is 0 Å². The number of carbonyl (C=O) groups excluding carboxylic acids is 1. The van der Waals surface area contributed by atoms with Crippen molar-refractivity contribution >= 4 is 31.9 Å². The Hall–Kier alpha value is -1.84. The fourth-order valence-electron chi connectivity index (χ4n) is 3.45. The monoisotopic (exact) mass is 486 g/mol. The third-order valence-corrected chi connectivity index (χ3v) is 7.47. The van der Waals surface area contributed by atoms with E-state index in [0.29, 0.717) is 18.4 Å². The van der Waals surface area contributed by atoms with Gasteiger partial charge in [0.15, 0.2) is 0 Å². The maximum atomic E-state index is 13.9. The van der Waals surface area contributed by atoms with Gasteiger partial charge in [-0.25, -0.2) is 17.2 Å². The predicted octanol–water partition coefficient (Wildman–Crippen LogP) is 3.79. The molecular formula is C20H21BrF2N2O3S. The third-order valence-electron chi connectivity index (χ3n) is 5.05. The molecule has 5 nitrogen and oxygen atoms in total. The zero-order chi connectivity index (χ0) is 21.2. The summed E-state index contributed by atoms with van der Waals surface area (Å²) < 4.78 is 55.1. The van der Waals surface area contributed by atoms with E-state index in [1.54, 1.807) is 19.2 Å². The Morgan fingerprint density at radius 3 is 2.45 bits per heavy atom. The zero-order valence-electron chi connectivity index (χ0n) is 15.8. The van der Waals surface area contributed by atoms with Crippen LogP contribution in [-0.2, 0) is 21.4 Å². The van der Waals surface area contributed by atoms with Gasteiger partial charge in [-0.2, -0.15) is 4.31 Å². The zero-order valence-corrected chi connectivity index (χ0v) is 18.2. The molecule has 0 saturated carbocycles. The van der Waals surface area contributed by atoms with E-state index in [1.807, 2.05) is 0 Å². The van der Waals surface area contributed by atoms with Gasteiger partial charge in [-0.3, -0.25) is 4.79 Å². The van der Waals surface area contributed by atoms with Crippen molar-refractivity contribution in [1.82, 2.24) is 9.21 Å². The van der Waals surface area contributed by atoms with Crippen LogP contribution in [0.3, 0.4) is 0 Å². The highest BCUT2D eigenvalue weighted by atomic mass is 79.9. The van der Waals surface area contributed by atoms with Gasteiger partial charge in [-0.1, -0.05) is 28.1 Å². The molecule has 2 aromatic carbocycles. The molecule has 0 N–H and O–H groups in total. The fourth-order valence-corrected chi connectivity index (χ4v) is 5.39. The molecule has 156 valence electrons. The van der Waals surface area contributed by atoms with E-state index < -0.39 is 21.7 Å². The van der Waals surface area contributed by atoms with Crippen LogP contribution in [0.2, 0.25) is 0 Å². The van der Waals surface area contributed by atoms with Gasteiger partial charge >= 0.3 is 0 Å². The van der Waals surface area contributed by atoms with E-state index in [2.05, 4.69) is 15.9 Å². The Labute approximate surface area is 177 Å². The molecule has 0 bridgehead atoms. The summed E-state index contributed by atoms with van der Waals surface area (Å²) in [5.74, 6) is -1.70. The molecule has 0 aromatic heterocycles. The molecule has 29 heavy (non-hydrogen) atoms. The summed E-state index contributed by atoms with van der Waals surface area (Å²) in [5.41, 5.74) is 0.398. The number of benzene rings is 2. The lowest BCUT2D eigenvalue weighted by Crippen LogP contribution is -2.43. The van der Waals surface area contributed by atoms with Gasteiger partial charge in [-0.05, 0) is 43.2 Å². The molecule has 0 aliphatic carbocycles. The van der Waals surface area contributed by atoms with Gasteiger partial charge in [0.1, 0.15) is 16.5 Å². The number of carbonyl (C=O) groups is 1. The second kappa shape index (κ2) is 8.89. The van der Waals surface area contributed by atoms with E-state index in [9.17, 15) is 22.0 Å². The summed E-state index contributed by atoms with van der Waals surface area (Å²) in [6.45, 7) is 0.385. The molecule has 1 aliphatic heterocycles. The second-order valence-corrected chi connectivity index (χ2v) is 9.86. The van der Waals surface area contributed by atoms with Crippen LogP contribution in [0.4, 0.5) is 8.78 Å². The Morgan fingerprint density at radius 1 is 1.14 bits per heavy atom. The first kappa shape index (κ1) is 21.9. The van der Waals surface area contributed by atoms with Crippen molar-refractivity contribution in [3.05, 3.63) is 64.1 Å². The SMILES string of the molecule is CN(Cc1cc(Br)ccc1F)C(=O)C1CCN(S(=O)(=O)c2ccccc2F)CC1. The molecule has 1 amide bonds. The molecule has 9 heteroatoms. The number of amides is 1. The van der Waals surface area contributed by atoms with Crippen LogP contribution in [0.15, 0.2) is 51.8 Å². The summed E-state index contributed by atoms with van der Waals surface area (Å²) in [7, 11) is -2.34. The standard InChI is InChI=1S/C20H21BrF2N2O3S/c1-24(13-15-12-16(21)6-7-17(15)22)20(26)14-8-10-25(11-9-14)29(27,28)19-5-3-2-4-18(19)23/h2-7,12,14H,8-11,13H2,1H3. The van der Waals surface area contributed by atoms with Crippen molar-refractivity contribution in [2.75, 3.05) is 20.1 Å². The van der Waals surface area contributed by atoms with Crippen molar-refractivity contribution in [2.24, 2.45) is 5.92 Å². The minimum absolute atomic E-state index is 0.123. The fraction of sp³-hybridized carbons (Fsp3) is 0.350. The highest BCUT2D eigenvalue weighted by Crippen LogP contribution is 2.27. The summed E-state index contributed by atoms with van der Waals surface area (Å²) in [6, 6.07) is 9.81. The first-order chi connectivity index (χ1) is 13.7. The van der Waals surface area contributed by atoms with E-state index in [-0.39, 0.29) is 36.4 Å². The molecule has 1 aliphatic rings. The molecule has 2 aromatic rings. The van der Waals surface area contributed by atoms with Gasteiger partial charge in [0, 0.05) is 42.6 Å². The number of rotatable bonds is 5. The number of sulfonamides is 1. The van der Waals surface area contributed by atoms with E-state index in [1.165, 1.54) is 33.5 Å². The van der Waals surface area contributed by atoms with Crippen LogP contribution in [-0.4, -0.2) is 43.7 Å². The number of piperidine rings is 1. The smallest absolute Gasteiger partial charge is 0.245 e. The maximum absolute atomic E-state index is 13.9. The normalized spacial score (nSPS) is 16.0. The van der Waals surface area contributed by atoms with Crippen LogP contribution in [0.1, 0.15) is 18.4 Å². The first-order valence-electron chi connectivity index (χ1n) is 9.13. The highest BCUT2D eigenvalue weighted by Gasteiger charge is 2.34. The van der Waals surface area contributed by atoms with Gasteiger partial charge in [0.25, 0.3) is 0 Å². The summed E-state index contributed by atoms with van der Waals surface area (Å²) >= 11 is 3.29. The molecule has 0 spiro atoms. The number of halogens is 3. The minimum Gasteiger partial charge on any atom is -0.341 e. The lowest BCUT2D eigenvalue weighted by molar-refractivity contribution is -0.136. The predicted molar refractivity (Wildman–Crippen MR) is 108 cm³/mol. The van der Waals surface area contributed by atoms with Crippen LogP contribution in [0, 0.1) is 17.6 Å². The van der Waals surface area contributed by atoms with Crippen molar-refractivity contribution in [1.29, 1.82) is 0 Å². The minimum atomic E-state index is -3.94. The Kier molecular flexibility index (Phi) is 6.70. The first-order valence-corrected chi connectivity index (χ1v) is 11.4. The lowest BCUT2D eigenvalue weighted by atomic mass is 9.96. The van der Waals surface area contributed by atoms with Crippen molar-refractivity contribution in [3.63, 3.8) is 0 Å². The topological polar surface area (TPSA) is 57.7 Å². The Balaban J connectivity index is 1.63. The summed E-state index contributed by atoms with van der Waals surface area (Å²) in [4.78, 5) is 13.8. The van der Waals surface area contributed by atoms with E-state index >= 15 is 0 Å². The lowest BCUT2D eigenvalue weighted by Gasteiger charge is -2.32. The third kappa shape index (κ3) is 4.84. The maximum Gasteiger partial charge on any atom is 0.245 e. The number of hydrogen-bond donors (Lipinski definition) is 0.